The normalized spacial score (nSPS) is 12.5. The van der Waals surface area contributed by atoms with Gasteiger partial charge in [0.1, 0.15) is 0 Å². The predicted octanol–water partition coefficient (Wildman–Crippen LogP) is -0.150. The van der Waals surface area contributed by atoms with Crippen LogP contribution in [0.4, 0.5) is 0 Å². The largest absolute Gasteiger partial charge is 0.870 e. The summed E-state index contributed by atoms with van der Waals surface area (Å²) >= 11 is 0. The van der Waals surface area contributed by atoms with Gasteiger partial charge in [-0.1, -0.05) is 6.92 Å². The minimum Gasteiger partial charge on any atom is -0.870 e. The number of hydrogen-bond donors (Lipinski definition) is 1. The third kappa shape index (κ3) is 9.07. The molecule has 0 heterocycles. The van der Waals surface area contributed by atoms with Crippen LogP contribution in [0.1, 0.15) is 20.3 Å². The Morgan fingerprint density at radius 1 is 1.67 bits per heavy atom. The van der Waals surface area contributed by atoms with E-state index >= 15 is 0 Å². The third-order valence-electron chi connectivity index (χ3n) is 0.697. The monoisotopic (exact) mass is 91.1 g/mol. The molecule has 0 aromatic carbocycles. The molecule has 0 fully saturated rings. The maximum atomic E-state index is 3.76. The Labute approximate surface area is 38.7 Å². The summed E-state index contributed by atoms with van der Waals surface area (Å²) in [7, 11) is 0. The lowest BCUT2D eigenvalue weighted by atomic mass is 10.3. The highest BCUT2D eigenvalue weighted by atomic mass is 16.0. The summed E-state index contributed by atoms with van der Waals surface area (Å²) in [6, 6.07) is 0.634. The molecule has 1 atom stereocenters. The number of rotatable bonds is 1. The molecule has 0 saturated carbocycles. The molecule has 2 nitrogen and oxygen atoms in total. The van der Waals surface area contributed by atoms with Crippen molar-refractivity contribution in [1.82, 2.24) is 0 Å². The lowest BCUT2D eigenvalue weighted by Crippen LogP contribution is -2.58. The zero-order valence-electron chi connectivity index (χ0n) is 4.44. The van der Waals surface area contributed by atoms with Gasteiger partial charge in [0.05, 0.1) is 6.04 Å². The summed E-state index contributed by atoms with van der Waals surface area (Å²) in [6.07, 6.45) is 1.19. The molecule has 0 aliphatic rings. The molecule has 0 aromatic rings. The van der Waals surface area contributed by atoms with Gasteiger partial charge in [-0.25, -0.2) is 0 Å². The van der Waals surface area contributed by atoms with E-state index in [9.17, 15) is 0 Å². The number of hydrogen-bond acceptors (Lipinski definition) is 1. The second-order valence-corrected chi connectivity index (χ2v) is 1.51. The van der Waals surface area contributed by atoms with Crippen LogP contribution in [-0.4, -0.2) is 11.5 Å². The molecule has 0 aliphatic carbocycles. The van der Waals surface area contributed by atoms with Crippen molar-refractivity contribution in [2.45, 2.75) is 26.3 Å². The lowest BCUT2D eigenvalue weighted by Gasteiger charge is -1.87. The molecule has 4 N–H and O–H groups in total. The zero-order chi connectivity index (χ0) is 4.28. The fourth-order valence-electron chi connectivity index (χ4n) is 0. The Hall–Kier alpha value is -0.0800. The first-order valence-electron chi connectivity index (χ1n) is 2.10. The van der Waals surface area contributed by atoms with Gasteiger partial charge in [0.25, 0.3) is 0 Å². The standard InChI is InChI=1S/C4H11N.H2O/c1-3-4(2)5;/h4H,3,5H2,1-2H3;1H2. The molecule has 0 rings (SSSR count). The first kappa shape index (κ1) is 9.33. The van der Waals surface area contributed by atoms with Crippen molar-refractivity contribution in [2.24, 2.45) is 0 Å². The average molecular weight is 91.2 g/mol. The minimum absolute atomic E-state index is 0. The van der Waals surface area contributed by atoms with Crippen LogP contribution in [0.5, 0.6) is 0 Å². The molecule has 40 valence electrons. The summed E-state index contributed by atoms with van der Waals surface area (Å²) in [5.74, 6) is 0. The van der Waals surface area contributed by atoms with Crippen LogP contribution in [0.2, 0.25) is 0 Å². The van der Waals surface area contributed by atoms with Crippen molar-refractivity contribution in [3.63, 3.8) is 0 Å². The van der Waals surface area contributed by atoms with Gasteiger partial charge in [0.2, 0.25) is 0 Å². The SMILES string of the molecule is CCC(C)[NH3+].[OH-]. The Morgan fingerprint density at radius 2 is 1.83 bits per heavy atom. The molecule has 0 bridgehead atoms. The van der Waals surface area contributed by atoms with Crippen LogP contribution >= 0.6 is 0 Å². The fraction of sp³-hybridized carbons (Fsp3) is 1.00. The van der Waals surface area contributed by atoms with E-state index in [2.05, 4.69) is 19.6 Å². The van der Waals surface area contributed by atoms with Gasteiger partial charge in [-0.3, -0.25) is 0 Å². The Bertz CT molecular complexity index is 21.5. The molecule has 2 heteroatoms. The van der Waals surface area contributed by atoms with Gasteiger partial charge >= 0.3 is 0 Å². The third-order valence-corrected chi connectivity index (χ3v) is 0.697. The summed E-state index contributed by atoms with van der Waals surface area (Å²) in [5, 5.41) is 0. The molecule has 0 radical (unpaired) electrons. The van der Waals surface area contributed by atoms with Crippen LogP contribution in [0.3, 0.4) is 0 Å². The Balaban J connectivity index is 0. The van der Waals surface area contributed by atoms with Crippen molar-refractivity contribution in [2.75, 3.05) is 0 Å². The van der Waals surface area contributed by atoms with Crippen molar-refractivity contribution in [3.05, 3.63) is 0 Å². The zero-order valence-corrected chi connectivity index (χ0v) is 4.44. The molecule has 0 saturated heterocycles. The first-order valence-corrected chi connectivity index (χ1v) is 2.10. The highest BCUT2D eigenvalue weighted by Crippen LogP contribution is 1.74. The molecule has 0 aliphatic heterocycles. The molecule has 1 unspecified atom stereocenters. The van der Waals surface area contributed by atoms with Crippen LogP contribution in [-0.2, 0) is 0 Å². The van der Waals surface area contributed by atoms with E-state index in [1.165, 1.54) is 6.42 Å². The first-order chi connectivity index (χ1) is 2.27. The average Bonchev–Trinajstić information content (AvgIpc) is 1.38. The molecule has 6 heavy (non-hydrogen) atoms. The lowest BCUT2D eigenvalue weighted by molar-refractivity contribution is -0.414. The second-order valence-electron chi connectivity index (χ2n) is 1.51. The van der Waals surface area contributed by atoms with Crippen LogP contribution in [0.15, 0.2) is 0 Å². The molecular formula is C4H13NO. The quantitative estimate of drug-likeness (QED) is 0.479. The van der Waals surface area contributed by atoms with Gasteiger partial charge in [0.15, 0.2) is 0 Å². The van der Waals surface area contributed by atoms with E-state index in [0.717, 1.165) is 0 Å². The topological polar surface area (TPSA) is 57.6 Å². The van der Waals surface area contributed by atoms with E-state index in [-0.39, 0.29) is 5.48 Å². The van der Waals surface area contributed by atoms with E-state index < -0.39 is 0 Å². The fourth-order valence-corrected chi connectivity index (χ4v) is 0. The number of quaternary nitrogens is 1. The van der Waals surface area contributed by atoms with Crippen molar-refractivity contribution >= 4 is 0 Å². The summed E-state index contributed by atoms with van der Waals surface area (Å²) < 4.78 is 0. The molecule has 0 spiro atoms. The van der Waals surface area contributed by atoms with Crippen molar-refractivity contribution < 1.29 is 11.2 Å². The molecule has 0 aromatic heterocycles. The van der Waals surface area contributed by atoms with Crippen molar-refractivity contribution in [1.29, 1.82) is 0 Å². The van der Waals surface area contributed by atoms with Crippen LogP contribution in [0, 0.1) is 0 Å². The highest BCUT2D eigenvalue weighted by molar-refractivity contribution is 4.31. The Kier molecular flexibility index (Phi) is 7.65. The summed E-state index contributed by atoms with van der Waals surface area (Å²) in [5.41, 5.74) is 3.76. The van der Waals surface area contributed by atoms with Crippen LogP contribution < -0.4 is 5.73 Å². The summed E-state index contributed by atoms with van der Waals surface area (Å²) in [6.45, 7) is 4.25. The van der Waals surface area contributed by atoms with Crippen molar-refractivity contribution in [3.8, 4) is 0 Å². The van der Waals surface area contributed by atoms with Gasteiger partial charge in [-0.05, 0) is 13.3 Å². The maximum Gasteiger partial charge on any atom is 0.0812 e. The molecule has 0 amide bonds. The molecular weight excluding hydrogens is 78.0 g/mol. The van der Waals surface area contributed by atoms with Gasteiger partial charge < -0.3 is 11.2 Å². The van der Waals surface area contributed by atoms with E-state index in [1.807, 2.05) is 0 Å². The van der Waals surface area contributed by atoms with E-state index in [1.54, 1.807) is 0 Å². The minimum atomic E-state index is 0. The van der Waals surface area contributed by atoms with E-state index in [0.29, 0.717) is 6.04 Å². The van der Waals surface area contributed by atoms with E-state index in [4.69, 9.17) is 0 Å². The van der Waals surface area contributed by atoms with Gasteiger partial charge in [-0.15, -0.1) is 0 Å². The smallest absolute Gasteiger partial charge is 0.0812 e. The van der Waals surface area contributed by atoms with Gasteiger partial charge in [-0.2, -0.15) is 0 Å². The summed E-state index contributed by atoms with van der Waals surface area (Å²) in [4.78, 5) is 0. The second kappa shape index (κ2) is 4.92. The predicted molar refractivity (Wildman–Crippen MR) is 24.6 cm³/mol. The highest BCUT2D eigenvalue weighted by Gasteiger charge is 1.84. The van der Waals surface area contributed by atoms with Gasteiger partial charge in [0, 0.05) is 0 Å². The van der Waals surface area contributed by atoms with Crippen LogP contribution in [0.25, 0.3) is 0 Å². The maximum absolute atomic E-state index is 3.76. The Morgan fingerprint density at radius 3 is 1.83 bits per heavy atom.